The number of sulfonamides is 1. The van der Waals surface area contributed by atoms with Gasteiger partial charge in [0.05, 0.1) is 17.9 Å². The van der Waals surface area contributed by atoms with Crippen LogP contribution in [0.5, 0.6) is 5.75 Å². The maximum absolute atomic E-state index is 13.7. The summed E-state index contributed by atoms with van der Waals surface area (Å²) in [6, 6.07) is 9.29. The first-order chi connectivity index (χ1) is 18.4. The van der Waals surface area contributed by atoms with Crippen molar-refractivity contribution in [2.24, 2.45) is 11.5 Å². The highest BCUT2D eigenvalue weighted by molar-refractivity contribution is 7.93. The predicted molar refractivity (Wildman–Crippen MR) is 150 cm³/mol. The molecule has 1 unspecified atom stereocenters. The molecule has 0 aromatic heterocycles. The molecular formula is C27H37N5O6S. The van der Waals surface area contributed by atoms with Crippen molar-refractivity contribution >= 4 is 33.4 Å². The molecule has 1 fully saturated rings. The first kappa shape index (κ1) is 29.9. The monoisotopic (exact) mass is 559 g/mol. The highest BCUT2D eigenvalue weighted by atomic mass is 32.2. The van der Waals surface area contributed by atoms with Gasteiger partial charge in [0.15, 0.2) is 5.75 Å². The number of carbonyl (C=O) groups excluding carboxylic acids is 2. The van der Waals surface area contributed by atoms with Gasteiger partial charge in [-0.05, 0) is 82.4 Å². The van der Waals surface area contributed by atoms with Crippen molar-refractivity contribution in [1.29, 1.82) is 5.41 Å². The number of nitrogen functional groups attached to an aromatic ring is 1. The second-order valence-corrected chi connectivity index (χ2v) is 11.4. The van der Waals surface area contributed by atoms with E-state index in [0.717, 1.165) is 35.8 Å². The number of piperidine rings is 1. The molecule has 0 saturated carbocycles. The van der Waals surface area contributed by atoms with Crippen molar-refractivity contribution in [3.8, 4) is 5.75 Å². The maximum atomic E-state index is 13.7. The molecular weight excluding hydrogens is 522 g/mol. The molecule has 0 bridgehead atoms. The van der Waals surface area contributed by atoms with Crippen LogP contribution in [0, 0.1) is 12.3 Å². The molecule has 0 aliphatic carbocycles. The van der Waals surface area contributed by atoms with Gasteiger partial charge in [-0.2, -0.15) is 0 Å². The fourth-order valence-electron chi connectivity index (χ4n) is 4.66. The van der Waals surface area contributed by atoms with E-state index in [1.54, 1.807) is 51.1 Å². The highest BCUT2D eigenvalue weighted by Crippen LogP contribution is 2.34. The number of rotatable bonds is 12. The number of carbonyl (C=O) groups is 2. The molecule has 1 heterocycles. The molecule has 1 aliphatic heterocycles. The summed E-state index contributed by atoms with van der Waals surface area (Å²) in [5.74, 6) is -2.34. The number of hydrogen-bond donors (Lipinski definition) is 4. The molecule has 2 aromatic rings. The molecule has 39 heavy (non-hydrogen) atoms. The van der Waals surface area contributed by atoms with Gasteiger partial charge in [0, 0.05) is 11.6 Å². The lowest BCUT2D eigenvalue weighted by Crippen LogP contribution is -2.43. The summed E-state index contributed by atoms with van der Waals surface area (Å²) >= 11 is 0. The lowest BCUT2D eigenvalue weighted by Gasteiger charge is -2.32. The number of benzene rings is 2. The van der Waals surface area contributed by atoms with E-state index in [1.807, 2.05) is 0 Å². The van der Waals surface area contributed by atoms with Crippen LogP contribution in [0.25, 0.3) is 0 Å². The lowest BCUT2D eigenvalue weighted by molar-refractivity contribution is -0.139. The number of amidine groups is 1. The van der Waals surface area contributed by atoms with Crippen LogP contribution in [0.3, 0.4) is 0 Å². The first-order valence-electron chi connectivity index (χ1n) is 12.9. The number of nitrogens with zero attached hydrogens (tertiary/aromatic N) is 1. The van der Waals surface area contributed by atoms with Crippen molar-refractivity contribution < 1.29 is 27.5 Å². The topological polar surface area (TPSA) is 178 Å². The Labute approximate surface area is 229 Å². The average Bonchev–Trinajstić information content (AvgIpc) is 2.85. The molecule has 3 rings (SSSR count). The number of ether oxygens (including phenoxy) is 2. The summed E-state index contributed by atoms with van der Waals surface area (Å²) in [5, 5.41) is 11.0. The van der Waals surface area contributed by atoms with Crippen LogP contribution < -0.4 is 25.8 Å². The van der Waals surface area contributed by atoms with Crippen molar-refractivity contribution in [2.45, 2.75) is 52.2 Å². The van der Waals surface area contributed by atoms with Gasteiger partial charge in [0.1, 0.15) is 17.7 Å². The van der Waals surface area contributed by atoms with Gasteiger partial charge >= 0.3 is 5.97 Å². The average molecular weight is 560 g/mol. The summed E-state index contributed by atoms with van der Waals surface area (Å²) in [7, 11) is -4.26. The summed E-state index contributed by atoms with van der Waals surface area (Å²) in [6.45, 7) is 6.62. The van der Waals surface area contributed by atoms with Crippen molar-refractivity contribution in [3.05, 3.63) is 58.7 Å². The third kappa shape index (κ3) is 7.70. The first-order valence-corrected chi connectivity index (χ1v) is 14.5. The number of anilines is 1. The molecule has 212 valence electrons. The SMILES string of the molecule is CCOC(=O)CS(=O)(=O)N(c1cc(C(N)=O)c(OC2CCNCC2)cc1C)C(C)Cc1cccc(C(=N)N)c1. The third-order valence-electron chi connectivity index (χ3n) is 6.46. The normalized spacial score (nSPS) is 14.8. The third-order valence-corrected chi connectivity index (χ3v) is 8.21. The zero-order chi connectivity index (χ0) is 28.7. The Morgan fingerprint density at radius 1 is 1.18 bits per heavy atom. The molecule has 11 nitrogen and oxygen atoms in total. The number of nitrogens with two attached hydrogens (primary N) is 2. The van der Waals surface area contributed by atoms with Crippen LogP contribution in [-0.4, -0.2) is 63.7 Å². The smallest absolute Gasteiger partial charge is 0.323 e. The molecule has 6 N–H and O–H groups in total. The fourth-order valence-corrected chi connectivity index (χ4v) is 6.30. The maximum Gasteiger partial charge on any atom is 0.323 e. The second kappa shape index (κ2) is 12.9. The number of amides is 1. The molecule has 0 spiro atoms. The number of primary amides is 1. The van der Waals surface area contributed by atoms with Crippen LogP contribution in [0.15, 0.2) is 36.4 Å². The molecule has 2 aromatic carbocycles. The number of nitrogens with one attached hydrogen (secondary N) is 2. The van der Waals surface area contributed by atoms with Gasteiger partial charge in [-0.25, -0.2) is 8.42 Å². The lowest BCUT2D eigenvalue weighted by atomic mass is 10.0. The van der Waals surface area contributed by atoms with Crippen LogP contribution in [0.4, 0.5) is 5.69 Å². The highest BCUT2D eigenvalue weighted by Gasteiger charge is 2.33. The van der Waals surface area contributed by atoms with Crippen molar-refractivity contribution in [2.75, 3.05) is 29.8 Å². The van der Waals surface area contributed by atoms with Crippen LogP contribution in [0.2, 0.25) is 0 Å². The molecule has 1 amide bonds. The Balaban J connectivity index is 2.07. The fraction of sp³-hybridized carbons (Fsp3) is 0.444. The van der Waals surface area contributed by atoms with Gasteiger partial charge in [-0.1, -0.05) is 18.2 Å². The van der Waals surface area contributed by atoms with E-state index in [1.165, 1.54) is 6.07 Å². The largest absolute Gasteiger partial charge is 0.489 e. The zero-order valence-electron chi connectivity index (χ0n) is 22.5. The van der Waals surface area contributed by atoms with Gasteiger partial charge in [-0.3, -0.25) is 19.3 Å². The Kier molecular flexibility index (Phi) is 9.92. The minimum Gasteiger partial charge on any atom is -0.489 e. The summed E-state index contributed by atoms with van der Waals surface area (Å²) in [6.07, 6.45) is 1.65. The molecule has 1 saturated heterocycles. The quantitative estimate of drug-likeness (QED) is 0.173. The van der Waals surface area contributed by atoms with E-state index in [4.69, 9.17) is 26.4 Å². The minimum atomic E-state index is -4.26. The van der Waals surface area contributed by atoms with Crippen LogP contribution >= 0.6 is 0 Å². The standard InChI is InChI=1S/C27H37N5O6S/c1-4-37-25(33)16-39(35,36)32(18(3)13-19-6-5-7-20(14-19)26(28)29)23-15-22(27(30)34)24(12-17(23)2)38-21-8-10-31-11-9-21/h5-7,12,14-15,18,21,31H,4,8-11,13,16H2,1-3H3,(H3,28,29)(H2,30,34). The van der Waals surface area contributed by atoms with Crippen LogP contribution in [0.1, 0.15) is 53.7 Å². The predicted octanol–water partition coefficient (Wildman–Crippen LogP) is 1.84. The van der Waals surface area contributed by atoms with Gasteiger partial charge in [-0.15, -0.1) is 0 Å². The van der Waals surface area contributed by atoms with E-state index in [2.05, 4.69) is 5.32 Å². The molecule has 1 aliphatic rings. The van der Waals surface area contributed by atoms with E-state index in [9.17, 15) is 18.0 Å². The van der Waals surface area contributed by atoms with E-state index >= 15 is 0 Å². The van der Waals surface area contributed by atoms with E-state index < -0.39 is 33.7 Å². The zero-order valence-corrected chi connectivity index (χ0v) is 23.3. The Morgan fingerprint density at radius 2 is 1.87 bits per heavy atom. The number of esters is 1. The number of aryl methyl sites for hydroxylation is 1. The van der Waals surface area contributed by atoms with Crippen molar-refractivity contribution in [1.82, 2.24) is 5.32 Å². The molecule has 1 atom stereocenters. The Morgan fingerprint density at radius 3 is 2.49 bits per heavy atom. The van der Waals surface area contributed by atoms with Gasteiger partial charge in [0.25, 0.3) is 5.91 Å². The van der Waals surface area contributed by atoms with Gasteiger partial charge < -0.3 is 26.3 Å². The van der Waals surface area contributed by atoms with E-state index in [-0.39, 0.29) is 36.2 Å². The van der Waals surface area contributed by atoms with Crippen molar-refractivity contribution in [3.63, 3.8) is 0 Å². The summed E-state index contributed by atoms with van der Waals surface area (Å²) in [5.41, 5.74) is 13.4. The van der Waals surface area contributed by atoms with E-state index in [0.29, 0.717) is 16.9 Å². The Bertz CT molecular complexity index is 1320. The number of hydrogen-bond acceptors (Lipinski definition) is 8. The molecule has 12 heteroatoms. The Hall–Kier alpha value is -3.64. The van der Waals surface area contributed by atoms with Gasteiger partial charge in [0.2, 0.25) is 10.0 Å². The van der Waals surface area contributed by atoms with Crippen LogP contribution in [-0.2, 0) is 26.0 Å². The molecule has 0 radical (unpaired) electrons. The summed E-state index contributed by atoms with van der Waals surface area (Å²) in [4.78, 5) is 24.7. The summed E-state index contributed by atoms with van der Waals surface area (Å²) < 4.78 is 39.5. The second-order valence-electron chi connectivity index (χ2n) is 9.59. The minimum absolute atomic E-state index is 0.0370.